The zero-order valence-electron chi connectivity index (χ0n) is 17.8. The van der Waals surface area contributed by atoms with Crippen molar-refractivity contribution in [3.63, 3.8) is 0 Å². The molecule has 0 spiro atoms. The number of methoxy groups -OCH3 is 1. The Balaban J connectivity index is 3.16. The van der Waals surface area contributed by atoms with Crippen LogP contribution in [0.5, 0.6) is 11.5 Å². The molecule has 0 bridgehead atoms. The van der Waals surface area contributed by atoms with Crippen LogP contribution in [0.3, 0.4) is 0 Å². The Morgan fingerprint density at radius 1 is 1.32 bits per heavy atom. The molecule has 0 saturated carbocycles. The number of phenols is 1. The summed E-state index contributed by atoms with van der Waals surface area (Å²) in [5, 5.41) is 9.54. The lowest BCUT2D eigenvalue weighted by Crippen LogP contribution is -2.41. The summed E-state index contributed by atoms with van der Waals surface area (Å²) in [4.78, 5) is 11.6. The monoisotopic (exact) mass is 330 g/mol. The first-order valence-corrected chi connectivity index (χ1v) is 9.75. The lowest BCUT2D eigenvalue weighted by atomic mass is 10.2. The van der Waals surface area contributed by atoms with E-state index < -0.39 is 33.2 Å². The smallest absolute Gasteiger partial charge is 0.337 e. The number of esters is 1. The summed E-state index contributed by atoms with van der Waals surface area (Å²) < 4.78 is 47.4. The van der Waals surface area contributed by atoms with Gasteiger partial charge in [-0.15, -0.1) is 0 Å². The van der Waals surface area contributed by atoms with Crippen molar-refractivity contribution in [3.05, 3.63) is 23.8 Å². The molecule has 22 heavy (non-hydrogen) atoms. The molecule has 0 amide bonds. The number of phenolic OH excluding ortho intramolecular Hbond substituents is 1. The van der Waals surface area contributed by atoms with Crippen molar-refractivity contribution in [3.8, 4) is 11.5 Å². The zero-order valence-corrected chi connectivity index (χ0v) is 14.8. The molecule has 0 aliphatic rings. The lowest BCUT2D eigenvalue weighted by molar-refractivity contribution is 0.0600. The molecule has 5 nitrogen and oxygen atoms in total. The van der Waals surface area contributed by atoms with Crippen LogP contribution >= 0.6 is 0 Å². The predicted molar refractivity (Wildman–Crippen MR) is 88.1 cm³/mol. The molecular weight excluding hydrogens is 300 g/mol. The van der Waals surface area contributed by atoms with Crippen molar-refractivity contribution in [2.24, 2.45) is 0 Å². The maximum absolute atomic E-state index is 11.6. The summed E-state index contributed by atoms with van der Waals surface area (Å²) in [5.41, 5.74) is 0.0296. The highest BCUT2D eigenvalue weighted by Crippen LogP contribution is 2.36. The van der Waals surface area contributed by atoms with Gasteiger partial charge in [-0.05, 0) is 36.3 Å². The first-order chi connectivity index (χ1) is 11.5. The number of aromatic hydroxyl groups is 1. The van der Waals surface area contributed by atoms with Crippen LogP contribution in [0.1, 0.15) is 36.6 Å². The van der Waals surface area contributed by atoms with E-state index in [2.05, 4.69) is 4.74 Å². The molecule has 0 atom stereocenters. The van der Waals surface area contributed by atoms with Gasteiger partial charge in [-0.1, -0.05) is 20.8 Å². The van der Waals surface area contributed by atoms with E-state index >= 15 is 0 Å². The molecule has 0 unspecified atom stereocenters. The molecular formula is C16H26O5Si. The van der Waals surface area contributed by atoms with Crippen LogP contribution in [-0.4, -0.2) is 39.6 Å². The van der Waals surface area contributed by atoms with Gasteiger partial charge in [0.05, 0.1) is 24.7 Å². The number of hydrogen-bond acceptors (Lipinski definition) is 5. The molecule has 0 aliphatic carbocycles. The van der Waals surface area contributed by atoms with Gasteiger partial charge >= 0.3 is 5.97 Å². The number of ether oxygens (including phenoxy) is 2. The van der Waals surface area contributed by atoms with Crippen molar-refractivity contribution in [2.75, 3.05) is 20.2 Å². The van der Waals surface area contributed by atoms with Gasteiger partial charge in [0.2, 0.25) is 0 Å². The summed E-state index contributed by atoms with van der Waals surface area (Å²) in [6.45, 7) is 3.57. The van der Waals surface area contributed by atoms with Gasteiger partial charge in [-0.25, -0.2) is 4.79 Å². The molecule has 1 aromatic rings. The molecule has 0 aromatic heterocycles. The largest absolute Gasteiger partial charge is 0.504 e. The van der Waals surface area contributed by atoms with Gasteiger partial charge in [-0.3, -0.25) is 0 Å². The zero-order chi connectivity index (χ0) is 20.6. The molecule has 0 radical (unpaired) electrons. The Kier molecular flexibility index (Phi) is 4.21. The van der Waals surface area contributed by atoms with Gasteiger partial charge in [0.15, 0.2) is 19.8 Å². The van der Waals surface area contributed by atoms with E-state index in [-0.39, 0.29) is 16.4 Å². The Bertz CT molecular complexity index is 671. The number of rotatable bonds is 6. The number of carbonyl (C=O) groups excluding carboxylic acids is 1. The second kappa shape index (κ2) is 7.15. The van der Waals surface area contributed by atoms with E-state index in [1.165, 1.54) is 13.2 Å². The topological polar surface area (TPSA) is 65.0 Å². The second-order valence-electron chi connectivity index (χ2n) is 6.34. The summed E-state index contributed by atoms with van der Waals surface area (Å²) in [6.07, 6.45) is 0. The minimum Gasteiger partial charge on any atom is -0.504 e. The average molecular weight is 330 g/mol. The standard InChI is InChI=1S/C16H26O5Si/c1-16(2,3)22(5,6)21-10-9-20-14-11-12(15(18)19-4)7-8-13(14)17/h7-8,11,17H,9-10H2,1-6H3/i9D2,10D2. The van der Waals surface area contributed by atoms with Gasteiger partial charge in [-0.2, -0.15) is 0 Å². The Morgan fingerprint density at radius 2 is 1.95 bits per heavy atom. The molecule has 0 heterocycles. The van der Waals surface area contributed by atoms with Crippen molar-refractivity contribution in [1.29, 1.82) is 0 Å². The fraction of sp³-hybridized carbons (Fsp3) is 0.562. The van der Waals surface area contributed by atoms with E-state index in [4.69, 9.17) is 14.6 Å². The third-order valence-corrected chi connectivity index (χ3v) is 7.92. The highest BCUT2D eigenvalue weighted by molar-refractivity contribution is 6.74. The van der Waals surface area contributed by atoms with Crippen LogP contribution in [0.25, 0.3) is 0 Å². The van der Waals surface area contributed by atoms with Gasteiger partial charge < -0.3 is 19.0 Å². The third-order valence-electron chi connectivity index (χ3n) is 3.70. The Labute approximate surface area is 139 Å². The van der Waals surface area contributed by atoms with Crippen LogP contribution in [0.2, 0.25) is 18.1 Å². The van der Waals surface area contributed by atoms with E-state index in [1.54, 1.807) is 13.1 Å². The summed E-state index contributed by atoms with van der Waals surface area (Å²) in [7, 11) is -1.47. The maximum atomic E-state index is 11.6. The Morgan fingerprint density at radius 3 is 2.50 bits per heavy atom. The quantitative estimate of drug-likeness (QED) is 0.638. The fourth-order valence-corrected chi connectivity index (χ4v) is 1.82. The summed E-state index contributed by atoms with van der Waals surface area (Å²) in [5.74, 6) is -1.53. The number of benzene rings is 1. The first kappa shape index (κ1) is 13.0. The van der Waals surface area contributed by atoms with Crippen molar-refractivity contribution in [2.45, 2.75) is 38.9 Å². The van der Waals surface area contributed by atoms with Crippen LogP contribution < -0.4 is 4.74 Å². The van der Waals surface area contributed by atoms with Crippen LogP contribution in [-0.2, 0) is 9.16 Å². The lowest BCUT2D eigenvalue weighted by Gasteiger charge is -2.36. The van der Waals surface area contributed by atoms with Crippen LogP contribution in [0.4, 0.5) is 0 Å². The average Bonchev–Trinajstić information content (AvgIpc) is 2.46. The van der Waals surface area contributed by atoms with E-state index in [9.17, 15) is 9.90 Å². The number of hydrogen-bond donors (Lipinski definition) is 1. The minimum absolute atomic E-state index is 0.0296. The molecule has 1 aromatic carbocycles. The van der Waals surface area contributed by atoms with E-state index in [0.29, 0.717) is 0 Å². The maximum Gasteiger partial charge on any atom is 0.337 e. The second-order valence-corrected chi connectivity index (χ2v) is 11.1. The summed E-state index contributed by atoms with van der Waals surface area (Å²) in [6, 6.07) is 3.51. The molecule has 1 N–H and O–H groups in total. The van der Waals surface area contributed by atoms with Gasteiger partial charge in [0.1, 0.15) is 6.56 Å². The molecule has 0 saturated heterocycles. The Hall–Kier alpha value is -1.53. The van der Waals surface area contributed by atoms with Crippen LogP contribution in [0.15, 0.2) is 18.2 Å². The van der Waals surface area contributed by atoms with Gasteiger partial charge in [0, 0.05) is 0 Å². The van der Waals surface area contributed by atoms with Crippen molar-refractivity contribution >= 4 is 14.3 Å². The fourth-order valence-electron chi connectivity index (χ4n) is 1.22. The number of carbonyl (C=O) groups is 1. The van der Waals surface area contributed by atoms with E-state index in [0.717, 1.165) is 12.1 Å². The minimum atomic E-state index is -2.92. The summed E-state index contributed by atoms with van der Waals surface area (Å²) >= 11 is 0. The molecule has 0 aliphatic heterocycles. The molecule has 124 valence electrons. The molecule has 6 heteroatoms. The molecule has 0 fully saturated rings. The van der Waals surface area contributed by atoms with Crippen LogP contribution in [0, 0.1) is 0 Å². The predicted octanol–water partition coefficient (Wildman–Crippen LogP) is 3.58. The third kappa shape index (κ3) is 4.74. The highest BCUT2D eigenvalue weighted by atomic mass is 28.4. The van der Waals surface area contributed by atoms with Gasteiger partial charge in [0.25, 0.3) is 0 Å². The molecule has 1 rings (SSSR count). The van der Waals surface area contributed by atoms with Crippen molar-refractivity contribution in [1.82, 2.24) is 0 Å². The normalized spacial score (nSPS) is 16.1. The first-order valence-electron chi connectivity index (χ1n) is 8.84. The van der Waals surface area contributed by atoms with Crippen molar-refractivity contribution < 1.29 is 29.3 Å². The highest BCUT2D eigenvalue weighted by Gasteiger charge is 2.36. The SMILES string of the molecule is [2H]C([2H])(Oc1cc(C(=O)OC)ccc1O)C([2H])([2H])O[Si](C)(C)C(C)(C)C. The van der Waals surface area contributed by atoms with E-state index in [1.807, 2.05) is 20.8 Å².